The second-order valence-electron chi connectivity index (χ2n) is 13.6. The number of benzene rings is 2. The molecule has 1 fully saturated rings. The minimum absolute atomic E-state index is 0. The van der Waals surface area contributed by atoms with Crippen LogP contribution in [0.4, 0.5) is 0 Å². The van der Waals surface area contributed by atoms with Crippen molar-refractivity contribution in [2.75, 3.05) is 19.8 Å². The molecule has 292 valence electrons. The molecular formula is C38H48Cl2N6O7S. The van der Waals surface area contributed by atoms with Crippen LogP contribution >= 0.6 is 35.3 Å². The van der Waals surface area contributed by atoms with E-state index in [4.69, 9.17) is 37.1 Å². The van der Waals surface area contributed by atoms with Crippen molar-refractivity contribution in [2.45, 2.75) is 83.5 Å². The van der Waals surface area contributed by atoms with Gasteiger partial charge in [0.25, 0.3) is 5.88 Å². The molecule has 54 heavy (non-hydrogen) atoms. The first-order valence-corrected chi connectivity index (χ1v) is 19.0. The van der Waals surface area contributed by atoms with Crippen molar-refractivity contribution in [1.82, 2.24) is 20.4 Å². The van der Waals surface area contributed by atoms with Crippen LogP contribution in [0.5, 0.6) is 11.6 Å². The van der Waals surface area contributed by atoms with Gasteiger partial charge >= 0.3 is 0 Å². The minimum Gasteiger partial charge on any atom is -0.490 e. The molecule has 2 aromatic carbocycles. The number of nitrogens with two attached hydrogens (primary N) is 2. The monoisotopic (exact) mass is 802 g/mol. The summed E-state index contributed by atoms with van der Waals surface area (Å²) in [4.78, 5) is 45.2. The Morgan fingerprint density at radius 3 is 2.61 bits per heavy atom. The molecule has 0 spiro atoms. The Labute approximate surface area is 330 Å². The van der Waals surface area contributed by atoms with Crippen LogP contribution in [0, 0.1) is 12.8 Å². The van der Waals surface area contributed by atoms with Crippen LogP contribution in [0.3, 0.4) is 0 Å². The lowest BCUT2D eigenvalue weighted by molar-refractivity contribution is -0.141. The number of halogens is 2. The minimum atomic E-state index is -0.829. The van der Waals surface area contributed by atoms with Gasteiger partial charge in [-0.15, -0.1) is 23.7 Å². The van der Waals surface area contributed by atoms with E-state index >= 15 is 0 Å². The molecular weight excluding hydrogens is 755 g/mol. The Bertz CT molecular complexity index is 1850. The van der Waals surface area contributed by atoms with E-state index in [9.17, 15) is 19.5 Å². The molecule has 3 heterocycles. The van der Waals surface area contributed by atoms with E-state index in [-0.39, 0.29) is 74.6 Å². The molecule has 0 bridgehead atoms. The van der Waals surface area contributed by atoms with Crippen molar-refractivity contribution >= 4 is 53.1 Å². The van der Waals surface area contributed by atoms with Gasteiger partial charge in [0.05, 0.1) is 33.8 Å². The first kappa shape index (κ1) is 42.5. The van der Waals surface area contributed by atoms with Crippen molar-refractivity contribution in [3.63, 3.8) is 0 Å². The normalized spacial score (nSPS) is 16.5. The highest BCUT2D eigenvalue weighted by atomic mass is 35.5. The second-order valence-corrected chi connectivity index (χ2v) is 14.9. The number of aliphatic hydroxyl groups is 1. The second kappa shape index (κ2) is 19.9. The Morgan fingerprint density at radius 2 is 1.93 bits per heavy atom. The molecule has 3 amide bonds. The number of likely N-dealkylation sites (tertiary alicyclic amines) is 1. The zero-order chi connectivity index (χ0) is 38.1. The third kappa shape index (κ3) is 11.2. The maximum atomic E-state index is 14.0. The summed E-state index contributed by atoms with van der Waals surface area (Å²) in [6.07, 6.45) is 1.12. The Hall–Kier alpha value is -4.21. The number of rotatable bonds is 18. The SMILES string of the molecule is Cc1ncsc1-c1ccc(CNC(=O)[C@@H]2C[C@@H](O)CN2C(=O)[C@@H](c2cc(OCCCc3cccc(OC[C@@H](N)CCC(N)=O)c3Cl)no2)C(C)C)cc1.Cl. The molecule has 0 unspecified atom stereocenters. The number of β-amino-alcohol motifs (C(OH)–C–C–N with tert-alkyl or cyclic N) is 1. The fourth-order valence-corrected chi connectivity index (χ4v) is 7.36. The molecule has 5 rings (SSSR count). The standard InChI is InChI=1S/C38H47ClN6O7S.ClH/c1-22(2)34(31-17-33(44-52-31)50-15-5-7-25-6-4-8-30(35(25)39)51-20-27(40)13-14-32(41)47)38(49)45-19-28(46)16-29(45)37(48)42-18-24-9-11-26(12-10-24)36-23(3)43-21-53-36;/h4,6,8-12,17,21-22,27-29,34,46H,5,7,13-16,18-20,40H2,1-3H3,(H2,41,47)(H,42,48);1H/t27-,28+,29-,34+;/m0./s1. The first-order valence-electron chi connectivity index (χ1n) is 17.7. The van der Waals surface area contributed by atoms with E-state index in [1.54, 1.807) is 23.5 Å². The molecule has 0 radical (unpaired) electrons. The van der Waals surface area contributed by atoms with Crippen LogP contribution in [0.2, 0.25) is 5.02 Å². The molecule has 4 atom stereocenters. The van der Waals surface area contributed by atoms with E-state index in [2.05, 4.69) is 15.5 Å². The van der Waals surface area contributed by atoms with E-state index in [0.29, 0.717) is 42.4 Å². The number of hydrogen-bond acceptors (Lipinski definition) is 11. The van der Waals surface area contributed by atoms with E-state index in [1.807, 2.05) is 62.7 Å². The number of nitrogens with one attached hydrogen (secondary N) is 1. The van der Waals surface area contributed by atoms with Crippen molar-refractivity contribution in [3.8, 4) is 22.1 Å². The van der Waals surface area contributed by atoms with Crippen molar-refractivity contribution in [3.05, 3.63) is 81.6 Å². The highest BCUT2D eigenvalue weighted by Crippen LogP contribution is 2.33. The number of aliphatic hydroxyl groups excluding tert-OH is 1. The number of aryl methyl sites for hydroxylation is 2. The van der Waals surface area contributed by atoms with Gasteiger partial charge in [-0.2, -0.15) is 0 Å². The number of aromatic nitrogens is 2. The van der Waals surface area contributed by atoms with Gasteiger partial charge in [0.2, 0.25) is 17.7 Å². The van der Waals surface area contributed by atoms with Crippen LogP contribution in [0.15, 0.2) is 58.6 Å². The van der Waals surface area contributed by atoms with Crippen LogP contribution in [-0.4, -0.2) is 75.8 Å². The van der Waals surface area contributed by atoms with Gasteiger partial charge in [-0.05, 0) is 60.0 Å². The van der Waals surface area contributed by atoms with Crippen LogP contribution in [-0.2, 0) is 27.3 Å². The summed E-state index contributed by atoms with van der Waals surface area (Å²) in [5, 5.41) is 18.0. The average molecular weight is 804 g/mol. The topological polar surface area (TPSA) is 196 Å². The molecule has 6 N–H and O–H groups in total. The highest BCUT2D eigenvalue weighted by molar-refractivity contribution is 7.13. The number of carbonyl (C=O) groups is 3. The predicted octanol–water partition coefficient (Wildman–Crippen LogP) is 5.18. The summed E-state index contributed by atoms with van der Waals surface area (Å²) < 4.78 is 17.3. The van der Waals surface area contributed by atoms with E-state index in [0.717, 1.165) is 27.3 Å². The summed E-state index contributed by atoms with van der Waals surface area (Å²) in [5.41, 5.74) is 16.8. The molecule has 13 nitrogen and oxygen atoms in total. The number of ether oxygens (including phenoxy) is 2. The summed E-state index contributed by atoms with van der Waals surface area (Å²) in [6, 6.07) is 13.8. The van der Waals surface area contributed by atoms with Crippen molar-refractivity contribution in [1.29, 1.82) is 0 Å². The average Bonchev–Trinajstić information content (AvgIpc) is 3.88. The lowest BCUT2D eigenvalue weighted by Gasteiger charge is -2.28. The summed E-state index contributed by atoms with van der Waals surface area (Å²) in [7, 11) is 0. The van der Waals surface area contributed by atoms with Crippen LogP contribution in [0.1, 0.15) is 68.0 Å². The number of amides is 3. The zero-order valence-corrected chi connectivity index (χ0v) is 32.9. The third-order valence-corrected chi connectivity index (χ3v) is 10.5. The van der Waals surface area contributed by atoms with Gasteiger partial charge in [0.1, 0.15) is 24.3 Å². The third-order valence-electron chi connectivity index (χ3n) is 9.14. The van der Waals surface area contributed by atoms with E-state index in [1.165, 1.54) is 4.90 Å². The summed E-state index contributed by atoms with van der Waals surface area (Å²) in [6.45, 7) is 6.58. The quantitative estimate of drug-likeness (QED) is 0.0974. The predicted molar refractivity (Wildman–Crippen MR) is 209 cm³/mol. The van der Waals surface area contributed by atoms with Gasteiger partial charge in [-0.3, -0.25) is 14.4 Å². The molecule has 4 aromatic rings. The Kier molecular flexibility index (Phi) is 15.7. The molecule has 2 aromatic heterocycles. The fourth-order valence-electron chi connectivity index (χ4n) is 6.27. The molecule has 16 heteroatoms. The number of hydrogen-bond donors (Lipinski definition) is 4. The number of thiazole rings is 1. The van der Waals surface area contributed by atoms with Crippen LogP contribution in [0.25, 0.3) is 10.4 Å². The van der Waals surface area contributed by atoms with Gasteiger partial charge in [0, 0.05) is 38.0 Å². The summed E-state index contributed by atoms with van der Waals surface area (Å²) >= 11 is 8.17. The molecule has 0 saturated carbocycles. The number of nitrogens with zero attached hydrogens (tertiary/aromatic N) is 3. The van der Waals surface area contributed by atoms with Gasteiger partial charge in [-0.25, -0.2) is 4.98 Å². The van der Waals surface area contributed by atoms with E-state index < -0.39 is 24.0 Å². The number of primary amides is 1. The summed E-state index contributed by atoms with van der Waals surface area (Å²) in [5.74, 6) is -0.946. The van der Waals surface area contributed by atoms with Crippen molar-refractivity contribution in [2.24, 2.45) is 17.4 Å². The smallest absolute Gasteiger partial charge is 0.254 e. The maximum Gasteiger partial charge on any atom is 0.254 e. The number of carbonyl (C=O) groups excluding carboxylic acids is 3. The maximum absolute atomic E-state index is 14.0. The Morgan fingerprint density at radius 1 is 1.17 bits per heavy atom. The molecule has 1 aliphatic rings. The van der Waals surface area contributed by atoms with Gasteiger partial charge < -0.3 is 40.8 Å². The van der Waals surface area contributed by atoms with Gasteiger partial charge in [-0.1, -0.05) is 61.8 Å². The lowest BCUT2D eigenvalue weighted by Crippen LogP contribution is -2.48. The lowest BCUT2D eigenvalue weighted by atomic mass is 9.91. The first-order chi connectivity index (χ1) is 25.4. The Balaban J connectivity index is 0.00000650. The molecule has 0 aliphatic carbocycles. The van der Waals surface area contributed by atoms with Crippen molar-refractivity contribution < 1.29 is 33.5 Å². The molecule has 1 aliphatic heterocycles. The highest BCUT2D eigenvalue weighted by Gasteiger charge is 2.43. The fraction of sp³-hybridized carbons (Fsp3) is 0.447. The molecule has 1 saturated heterocycles. The van der Waals surface area contributed by atoms with Crippen LogP contribution < -0.4 is 26.3 Å². The zero-order valence-electron chi connectivity index (χ0n) is 30.5. The largest absolute Gasteiger partial charge is 0.490 e. The van der Waals surface area contributed by atoms with Gasteiger partial charge in [0.15, 0.2) is 5.76 Å².